The summed E-state index contributed by atoms with van der Waals surface area (Å²) in [6.45, 7) is 6.65. The molecule has 2 saturated carbocycles. The molecule has 2 aliphatic carbocycles. The van der Waals surface area contributed by atoms with Crippen molar-refractivity contribution in [2.45, 2.75) is 32.6 Å². The molecule has 2 heteroatoms. The summed E-state index contributed by atoms with van der Waals surface area (Å²) >= 11 is 0. The molecule has 1 N–H and O–H groups in total. The van der Waals surface area contributed by atoms with Gasteiger partial charge in [-0.3, -0.25) is 0 Å². The van der Waals surface area contributed by atoms with Gasteiger partial charge in [0.25, 0.3) is 0 Å². The molecule has 2 nitrogen and oxygen atoms in total. The van der Waals surface area contributed by atoms with Crippen LogP contribution in [0.4, 0.5) is 0 Å². The van der Waals surface area contributed by atoms with E-state index in [1.807, 2.05) is 0 Å². The summed E-state index contributed by atoms with van der Waals surface area (Å²) in [4.78, 5) is 0. The van der Waals surface area contributed by atoms with Gasteiger partial charge in [0.05, 0.1) is 13.2 Å². The molecule has 1 aliphatic heterocycles. The lowest BCUT2D eigenvalue weighted by Crippen LogP contribution is -2.48. The third-order valence-electron chi connectivity index (χ3n) is 4.27. The molecule has 1 heterocycles. The molecule has 80 valence electrons. The Morgan fingerprint density at radius 1 is 1.21 bits per heavy atom. The molecule has 0 aromatic rings. The Balaban J connectivity index is 1.41. The molecule has 0 aromatic carbocycles. The average Bonchev–Trinajstić information content (AvgIpc) is 2.95. The highest BCUT2D eigenvalue weighted by Crippen LogP contribution is 2.60. The fraction of sp³-hybridized carbons (Fsp3) is 1.00. The molecule has 3 rings (SSSR count). The third kappa shape index (κ3) is 1.59. The minimum Gasteiger partial charge on any atom is -0.380 e. The number of hydrogen-bond donors (Lipinski definition) is 1. The monoisotopic (exact) mass is 195 g/mol. The largest absolute Gasteiger partial charge is 0.380 e. The molecular formula is C12H21NO. The zero-order chi connectivity index (χ0) is 9.65. The van der Waals surface area contributed by atoms with Crippen LogP contribution < -0.4 is 5.32 Å². The van der Waals surface area contributed by atoms with Gasteiger partial charge in [0.2, 0.25) is 0 Å². The van der Waals surface area contributed by atoms with Crippen LogP contribution in [-0.2, 0) is 4.74 Å². The minimum atomic E-state index is 0.444. The molecule has 0 radical (unpaired) electrons. The molecule has 0 bridgehead atoms. The molecule has 14 heavy (non-hydrogen) atoms. The Labute approximate surface area is 86.4 Å². The summed E-state index contributed by atoms with van der Waals surface area (Å²) in [6.07, 6.45) is 5.97. The predicted molar refractivity (Wildman–Crippen MR) is 56.2 cm³/mol. The lowest BCUT2D eigenvalue weighted by molar-refractivity contribution is -0.0993. The van der Waals surface area contributed by atoms with Crippen LogP contribution >= 0.6 is 0 Å². The molecule has 0 unspecified atom stereocenters. The van der Waals surface area contributed by atoms with E-state index in [2.05, 4.69) is 12.2 Å². The standard InChI is InChI=1S/C12H21NO/c1-11(8-14-9-11)6-13-7-12(4-5-12)10-2-3-10/h10,13H,2-9H2,1H3. The van der Waals surface area contributed by atoms with Crippen molar-refractivity contribution in [1.29, 1.82) is 0 Å². The fourth-order valence-electron chi connectivity index (χ4n) is 2.75. The van der Waals surface area contributed by atoms with Gasteiger partial charge in [-0.25, -0.2) is 0 Å². The van der Waals surface area contributed by atoms with Crippen LogP contribution in [0.2, 0.25) is 0 Å². The van der Waals surface area contributed by atoms with Gasteiger partial charge in [0.1, 0.15) is 0 Å². The third-order valence-corrected chi connectivity index (χ3v) is 4.27. The molecule has 3 fully saturated rings. The number of rotatable bonds is 5. The van der Waals surface area contributed by atoms with E-state index < -0.39 is 0 Å². The van der Waals surface area contributed by atoms with Crippen molar-refractivity contribution < 1.29 is 4.74 Å². The Bertz CT molecular complexity index is 226. The average molecular weight is 195 g/mol. The van der Waals surface area contributed by atoms with Gasteiger partial charge < -0.3 is 10.1 Å². The van der Waals surface area contributed by atoms with Crippen molar-refractivity contribution in [2.75, 3.05) is 26.3 Å². The first-order valence-electron chi connectivity index (χ1n) is 6.01. The number of nitrogens with one attached hydrogen (secondary N) is 1. The van der Waals surface area contributed by atoms with Crippen molar-refractivity contribution in [2.24, 2.45) is 16.7 Å². The molecule has 0 spiro atoms. The molecular weight excluding hydrogens is 174 g/mol. The predicted octanol–water partition coefficient (Wildman–Crippen LogP) is 1.80. The highest BCUT2D eigenvalue weighted by molar-refractivity contribution is 5.05. The first-order chi connectivity index (χ1) is 6.73. The van der Waals surface area contributed by atoms with Crippen LogP contribution in [-0.4, -0.2) is 26.3 Å². The van der Waals surface area contributed by atoms with Gasteiger partial charge >= 0.3 is 0 Å². The van der Waals surface area contributed by atoms with Gasteiger partial charge in [-0.2, -0.15) is 0 Å². The van der Waals surface area contributed by atoms with Crippen LogP contribution in [0.15, 0.2) is 0 Å². The first-order valence-corrected chi connectivity index (χ1v) is 6.01. The Morgan fingerprint density at radius 3 is 2.36 bits per heavy atom. The Hall–Kier alpha value is -0.0800. The lowest BCUT2D eigenvalue weighted by atomic mass is 9.88. The van der Waals surface area contributed by atoms with E-state index in [9.17, 15) is 0 Å². The van der Waals surface area contributed by atoms with E-state index in [1.54, 1.807) is 0 Å². The summed E-state index contributed by atoms with van der Waals surface area (Å²) in [5.74, 6) is 1.08. The van der Waals surface area contributed by atoms with Crippen molar-refractivity contribution in [3.63, 3.8) is 0 Å². The van der Waals surface area contributed by atoms with Gasteiger partial charge in [-0.05, 0) is 37.0 Å². The Kier molecular flexibility index (Phi) is 1.94. The maximum Gasteiger partial charge on any atom is 0.0554 e. The second-order valence-corrected chi connectivity index (χ2v) is 6.04. The fourth-order valence-corrected chi connectivity index (χ4v) is 2.75. The van der Waals surface area contributed by atoms with Crippen LogP contribution in [0.25, 0.3) is 0 Å². The quantitative estimate of drug-likeness (QED) is 0.722. The molecule has 3 aliphatic rings. The summed E-state index contributed by atoms with van der Waals surface area (Å²) in [7, 11) is 0. The highest BCUT2D eigenvalue weighted by Gasteiger charge is 2.53. The van der Waals surface area contributed by atoms with Crippen molar-refractivity contribution in [3.05, 3.63) is 0 Å². The summed E-state index contributed by atoms with van der Waals surface area (Å²) in [6, 6.07) is 0. The van der Waals surface area contributed by atoms with Gasteiger partial charge in [-0.15, -0.1) is 0 Å². The zero-order valence-corrected chi connectivity index (χ0v) is 9.14. The second-order valence-electron chi connectivity index (χ2n) is 6.04. The van der Waals surface area contributed by atoms with E-state index in [0.29, 0.717) is 5.41 Å². The van der Waals surface area contributed by atoms with Crippen LogP contribution in [0.3, 0.4) is 0 Å². The van der Waals surface area contributed by atoms with Crippen molar-refractivity contribution >= 4 is 0 Å². The minimum absolute atomic E-state index is 0.444. The first kappa shape index (κ1) is 9.17. The van der Waals surface area contributed by atoms with E-state index >= 15 is 0 Å². The molecule has 0 aromatic heterocycles. The molecule has 0 atom stereocenters. The van der Waals surface area contributed by atoms with E-state index in [1.165, 1.54) is 32.2 Å². The normalized spacial score (nSPS) is 32.4. The zero-order valence-electron chi connectivity index (χ0n) is 9.14. The van der Waals surface area contributed by atoms with Crippen molar-refractivity contribution in [1.82, 2.24) is 5.32 Å². The second kappa shape index (κ2) is 2.96. The van der Waals surface area contributed by atoms with Crippen LogP contribution in [0.1, 0.15) is 32.6 Å². The highest BCUT2D eigenvalue weighted by atomic mass is 16.5. The molecule has 1 saturated heterocycles. The van der Waals surface area contributed by atoms with E-state index in [0.717, 1.165) is 31.1 Å². The van der Waals surface area contributed by atoms with Gasteiger partial charge in [-0.1, -0.05) is 6.92 Å². The maximum absolute atomic E-state index is 5.26. The number of hydrogen-bond acceptors (Lipinski definition) is 2. The lowest BCUT2D eigenvalue weighted by Gasteiger charge is -2.38. The maximum atomic E-state index is 5.26. The summed E-state index contributed by atoms with van der Waals surface area (Å²) < 4.78 is 5.26. The van der Waals surface area contributed by atoms with E-state index in [4.69, 9.17) is 4.74 Å². The smallest absolute Gasteiger partial charge is 0.0554 e. The van der Waals surface area contributed by atoms with Gasteiger partial charge in [0, 0.05) is 18.5 Å². The summed E-state index contributed by atoms with van der Waals surface area (Å²) in [5, 5.41) is 3.67. The van der Waals surface area contributed by atoms with E-state index in [-0.39, 0.29) is 0 Å². The Morgan fingerprint density at radius 2 is 1.93 bits per heavy atom. The van der Waals surface area contributed by atoms with Gasteiger partial charge in [0.15, 0.2) is 0 Å². The molecule has 0 amide bonds. The van der Waals surface area contributed by atoms with Crippen molar-refractivity contribution in [3.8, 4) is 0 Å². The van der Waals surface area contributed by atoms with Crippen LogP contribution in [0, 0.1) is 16.7 Å². The summed E-state index contributed by atoms with van der Waals surface area (Å²) in [5.41, 5.74) is 1.20. The SMILES string of the molecule is CC1(CNCC2(C3CC3)CC2)COC1. The topological polar surface area (TPSA) is 21.3 Å². The van der Waals surface area contributed by atoms with Crippen LogP contribution in [0.5, 0.6) is 0 Å². The number of ether oxygens (including phenoxy) is 1.